The number of nitrogens with two attached hydrogens (primary N) is 1. The normalized spacial score (nSPS) is 11.1. The quantitative estimate of drug-likeness (QED) is 0.725. The molecule has 0 aliphatic carbocycles. The van der Waals surface area contributed by atoms with Crippen LogP contribution in [0.4, 0.5) is 5.69 Å². The van der Waals surface area contributed by atoms with Gasteiger partial charge in [-0.15, -0.1) is 0 Å². The smallest absolute Gasteiger partial charge is 0.159 e. The molecule has 0 atom stereocenters. The lowest BCUT2D eigenvalue weighted by molar-refractivity contribution is 0.137. The third-order valence-electron chi connectivity index (χ3n) is 3.35. The summed E-state index contributed by atoms with van der Waals surface area (Å²) >= 11 is 0. The van der Waals surface area contributed by atoms with E-state index >= 15 is 0 Å². The first-order valence-electron chi connectivity index (χ1n) is 6.89. The Bertz CT molecular complexity index is 738. The zero-order valence-corrected chi connectivity index (χ0v) is 11.9. The van der Waals surface area contributed by atoms with Gasteiger partial charge in [-0.2, -0.15) is 5.10 Å². The van der Waals surface area contributed by atoms with Gasteiger partial charge in [0.15, 0.2) is 5.65 Å². The van der Waals surface area contributed by atoms with Gasteiger partial charge >= 0.3 is 0 Å². The standard InChI is InChI=1S/C15H17N5O/c1-2-21-8-7-20-15-13(10-19-20)14(16)12(9-18-15)11-3-5-17-6-4-11/h3-6,9-10H,2,7-8H2,1H3,(H2,16,18). The van der Waals surface area contributed by atoms with Gasteiger partial charge in [0, 0.05) is 30.8 Å². The van der Waals surface area contributed by atoms with Crippen LogP contribution in [-0.4, -0.2) is 33.0 Å². The highest BCUT2D eigenvalue weighted by Crippen LogP contribution is 2.30. The third kappa shape index (κ3) is 2.57. The lowest BCUT2D eigenvalue weighted by Gasteiger charge is -2.07. The van der Waals surface area contributed by atoms with E-state index in [2.05, 4.69) is 15.1 Å². The van der Waals surface area contributed by atoms with Gasteiger partial charge in [0.05, 0.1) is 30.4 Å². The molecule has 0 aliphatic heterocycles. The summed E-state index contributed by atoms with van der Waals surface area (Å²) in [4.78, 5) is 8.52. The Morgan fingerprint density at radius 2 is 2.05 bits per heavy atom. The van der Waals surface area contributed by atoms with Gasteiger partial charge in [-0.3, -0.25) is 4.98 Å². The molecule has 0 saturated heterocycles. The summed E-state index contributed by atoms with van der Waals surface area (Å²) in [5, 5.41) is 5.21. The first-order chi connectivity index (χ1) is 10.3. The van der Waals surface area contributed by atoms with E-state index in [1.54, 1.807) is 24.8 Å². The van der Waals surface area contributed by atoms with Crippen LogP contribution < -0.4 is 5.73 Å². The molecule has 0 aliphatic rings. The molecule has 6 heteroatoms. The van der Waals surface area contributed by atoms with Crippen LogP contribution in [-0.2, 0) is 11.3 Å². The predicted octanol–water partition coefficient (Wildman–Crippen LogP) is 2.11. The minimum absolute atomic E-state index is 0.612. The van der Waals surface area contributed by atoms with Crippen molar-refractivity contribution in [2.75, 3.05) is 18.9 Å². The molecule has 0 bridgehead atoms. The van der Waals surface area contributed by atoms with Crippen molar-refractivity contribution in [3.05, 3.63) is 36.9 Å². The molecule has 0 aromatic carbocycles. The van der Waals surface area contributed by atoms with E-state index in [0.29, 0.717) is 25.4 Å². The molecule has 108 valence electrons. The van der Waals surface area contributed by atoms with Crippen molar-refractivity contribution >= 4 is 16.7 Å². The van der Waals surface area contributed by atoms with Crippen molar-refractivity contribution in [2.45, 2.75) is 13.5 Å². The molecule has 0 radical (unpaired) electrons. The van der Waals surface area contributed by atoms with E-state index in [1.807, 2.05) is 23.7 Å². The van der Waals surface area contributed by atoms with E-state index in [0.717, 1.165) is 22.2 Å². The number of rotatable bonds is 5. The Kier molecular flexibility index (Phi) is 3.79. The average Bonchev–Trinajstić information content (AvgIpc) is 2.93. The largest absolute Gasteiger partial charge is 0.398 e. The second-order valence-corrected chi connectivity index (χ2v) is 4.62. The van der Waals surface area contributed by atoms with Gasteiger partial charge in [0.2, 0.25) is 0 Å². The third-order valence-corrected chi connectivity index (χ3v) is 3.35. The second-order valence-electron chi connectivity index (χ2n) is 4.62. The molecule has 0 unspecified atom stereocenters. The minimum atomic E-state index is 0.612. The monoisotopic (exact) mass is 283 g/mol. The number of fused-ring (bicyclic) bond motifs is 1. The predicted molar refractivity (Wildman–Crippen MR) is 81.7 cm³/mol. The van der Waals surface area contributed by atoms with Crippen LogP contribution in [0.1, 0.15) is 6.92 Å². The van der Waals surface area contributed by atoms with E-state index in [-0.39, 0.29) is 0 Å². The Morgan fingerprint density at radius 1 is 1.24 bits per heavy atom. The molecule has 0 fully saturated rings. The Morgan fingerprint density at radius 3 is 2.81 bits per heavy atom. The van der Waals surface area contributed by atoms with Crippen LogP contribution in [0.25, 0.3) is 22.2 Å². The Labute approximate surface area is 122 Å². The molecule has 3 aromatic heterocycles. The van der Waals surface area contributed by atoms with Crippen LogP contribution >= 0.6 is 0 Å². The van der Waals surface area contributed by atoms with E-state index in [1.165, 1.54) is 0 Å². The molecule has 3 heterocycles. The lowest BCUT2D eigenvalue weighted by Crippen LogP contribution is -2.08. The van der Waals surface area contributed by atoms with Crippen molar-refractivity contribution in [3.63, 3.8) is 0 Å². The maximum absolute atomic E-state index is 6.27. The number of pyridine rings is 2. The summed E-state index contributed by atoms with van der Waals surface area (Å²) in [6.07, 6.45) is 7.02. The molecule has 0 saturated carbocycles. The Balaban J connectivity index is 1.99. The minimum Gasteiger partial charge on any atom is -0.398 e. The number of ether oxygens (including phenoxy) is 1. The molecule has 3 aromatic rings. The number of nitrogen functional groups attached to an aromatic ring is 1. The summed E-state index contributed by atoms with van der Waals surface area (Å²) in [5.41, 5.74) is 9.64. The maximum Gasteiger partial charge on any atom is 0.159 e. The molecular formula is C15H17N5O. The zero-order chi connectivity index (χ0) is 14.7. The van der Waals surface area contributed by atoms with Crippen LogP contribution in [0, 0.1) is 0 Å². The number of anilines is 1. The van der Waals surface area contributed by atoms with Gasteiger partial charge in [0.1, 0.15) is 0 Å². The number of hydrogen-bond acceptors (Lipinski definition) is 5. The highest BCUT2D eigenvalue weighted by atomic mass is 16.5. The fourth-order valence-electron chi connectivity index (χ4n) is 2.27. The van der Waals surface area contributed by atoms with Gasteiger partial charge in [-0.1, -0.05) is 0 Å². The van der Waals surface area contributed by atoms with Gasteiger partial charge in [-0.25, -0.2) is 9.67 Å². The molecule has 21 heavy (non-hydrogen) atoms. The summed E-state index contributed by atoms with van der Waals surface area (Å²) in [5.74, 6) is 0. The SMILES string of the molecule is CCOCCn1ncc2c(N)c(-c3ccncc3)cnc21. The number of hydrogen-bond donors (Lipinski definition) is 1. The fourth-order valence-corrected chi connectivity index (χ4v) is 2.27. The molecule has 0 amide bonds. The second kappa shape index (κ2) is 5.88. The van der Waals surface area contributed by atoms with Gasteiger partial charge in [-0.05, 0) is 24.6 Å². The van der Waals surface area contributed by atoms with Crippen LogP contribution in [0.15, 0.2) is 36.9 Å². The highest BCUT2D eigenvalue weighted by Gasteiger charge is 2.12. The highest BCUT2D eigenvalue weighted by molar-refractivity contribution is 5.96. The van der Waals surface area contributed by atoms with E-state index in [9.17, 15) is 0 Å². The van der Waals surface area contributed by atoms with Crippen LogP contribution in [0.3, 0.4) is 0 Å². The summed E-state index contributed by atoms with van der Waals surface area (Å²) in [6.45, 7) is 3.94. The molecule has 2 N–H and O–H groups in total. The van der Waals surface area contributed by atoms with Crippen molar-refractivity contribution < 1.29 is 4.74 Å². The first kappa shape index (κ1) is 13.5. The number of aromatic nitrogens is 4. The van der Waals surface area contributed by atoms with Crippen molar-refractivity contribution in [2.24, 2.45) is 0 Å². The fraction of sp³-hybridized carbons (Fsp3) is 0.267. The van der Waals surface area contributed by atoms with Gasteiger partial charge in [0.25, 0.3) is 0 Å². The van der Waals surface area contributed by atoms with Gasteiger partial charge < -0.3 is 10.5 Å². The van der Waals surface area contributed by atoms with Crippen molar-refractivity contribution in [1.82, 2.24) is 19.7 Å². The van der Waals surface area contributed by atoms with E-state index in [4.69, 9.17) is 10.5 Å². The molecule has 6 nitrogen and oxygen atoms in total. The maximum atomic E-state index is 6.27. The first-order valence-corrected chi connectivity index (χ1v) is 6.89. The van der Waals surface area contributed by atoms with Crippen molar-refractivity contribution in [1.29, 1.82) is 0 Å². The summed E-state index contributed by atoms with van der Waals surface area (Å²) in [7, 11) is 0. The lowest BCUT2D eigenvalue weighted by atomic mass is 10.1. The van der Waals surface area contributed by atoms with Crippen LogP contribution in [0.2, 0.25) is 0 Å². The molecule has 3 rings (SSSR count). The van der Waals surface area contributed by atoms with Crippen LogP contribution in [0.5, 0.6) is 0 Å². The Hall–Kier alpha value is -2.47. The number of nitrogens with zero attached hydrogens (tertiary/aromatic N) is 4. The average molecular weight is 283 g/mol. The summed E-state index contributed by atoms with van der Waals surface area (Å²) < 4.78 is 7.17. The summed E-state index contributed by atoms with van der Waals surface area (Å²) in [6, 6.07) is 3.83. The topological polar surface area (TPSA) is 78.9 Å². The van der Waals surface area contributed by atoms with Crippen molar-refractivity contribution in [3.8, 4) is 11.1 Å². The zero-order valence-electron chi connectivity index (χ0n) is 11.9. The van der Waals surface area contributed by atoms with E-state index < -0.39 is 0 Å². The molecule has 0 spiro atoms. The molecular weight excluding hydrogens is 266 g/mol.